The molecule has 29 heavy (non-hydrogen) atoms. The number of nitrogens with two attached hydrogens (primary N) is 1. The van der Waals surface area contributed by atoms with Gasteiger partial charge < -0.3 is 10.5 Å². The van der Waals surface area contributed by atoms with Gasteiger partial charge in [-0.1, -0.05) is 18.2 Å². The Morgan fingerprint density at radius 2 is 2.10 bits per heavy atom. The summed E-state index contributed by atoms with van der Waals surface area (Å²) in [7, 11) is 0. The standard InChI is InChI=1S/C22H28N4O2S/c1-13(2)26-15(4)17(14(3)24-26)11-25-9-10-28-18(12-25)20-16-7-5-6-8-19(16)29-21(20)22(23)27/h5-8,13,18H,9-12H2,1-4H3,(H2,23,27)/t18-/m1/s1. The minimum Gasteiger partial charge on any atom is -0.371 e. The minimum atomic E-state index is -0.383. The first-order valence-corrected chi connectivity index (χ1v) is 10.9. The normalized spacial score (nSPS) is 18.0. The van der Waals surface area contributed by atoms with Crippen molar-refractivity contribution in [2.75, 3.05) is 19.7 Å². The van der Waals surface area contributed by atoms with Crippen LogP contribution in [-0.2, 0) is 11.3 Å². The molecule has 0 radical (unpaired) electrons. The lowest BCUT2D eigenvalue weighted by Crippen LogP contribution is -2.38. The fourth-order valence-electron chi connectivity index (χ4n) is 4.24. The highest BCUT2D eigenvalue weighted by atomic mass is 32.1. The van der Waals surface area contributed by atoms with Crippen molar-refractivity contribution in [2.24, 2.45) is 5.73 Å². The maximum atomic E-state index is 12.1. The smallest absolute Gasteiger partial charge is 0.259 e. The van der Waals surface area contributed by atoms with Crippen LogP contribution < -0.4 is 5.73 Å². The summed E-state index contributed by atoms with van der Waals surface area (Å²) < 4.78 is 9.30. The van der Waals surface area contributed by atoms with Gasteiger partial charge in [0.2, 0.25) is 0 Å². The number of nitrogens with zero attached hydrogens (tertiary/aromatic N) is 3. The van der Waals surface area contributed by atoms with E-state index >= 15 is 0 Å². The van der Waals surface area contributed by atoms with Crippen molar-refractivity contribution in [1.82, 2.24) is 14.7 Å². The molecule has 1 saturated heterocycles. The molecule has 0 aliphatic carbocycles. The molecule has 7 heteroatoms. The first-order valence-electron chi connectivity index (χ1n) is 10.1. The van der Waals surface area contributed by atoms with Crippen LogP contribution in [0, 0.1) is 13.8 Å². The number of carbonyl (C=O) groups excluding carboxylic acids is 1. The van der Waals surface area contributed by atoms with E-state index in [4.69, 9.17) is 15.6 Å². The van der Waals surface area contributed by atoms with Crippen molar-refractivity contribution in [3.05, 3.63) is 51.7 Å². The second kappa shape index (κ2) is 7.89. The molecule has 154 valence electrons. The number of amides is 1. The van der Waals surface area contributed by atoms with Crippen molar-refractivity contribution >= 4 is 27.3 Å². The topological polar surface area (TPSA) is 73.4 Å². The van der Waals surface area contributed by atoms with E-state index in [2.05, 4.69) is 43.3 Å². The van der Waals surface area contributed by atoms with Gasteiger partial charge in [0.25, 0.3) is 5.91 Å². The van der Waals surface area contributed by atoms with Crippen LogP contribution in [0.1, 0.15) is 58.2 Å². The highest BCUT2D eigenvalue weighted by Gasteiger charge is 2.29. The highest BCUT2D eigenvalue weighted by molar-refractivity contribution is 7.21. The second-order valence-corrected chi connectivity index (χ2v) is 9.04. The number of aryl methyl sites for hydroxylation is 1. The zero-order valence-corrected chi connectivity index (χ0v) is 18.3. The molecule has 0 spiro atoms. The van der Waals surface area contributed by atoms with Crippen LogP contribution in [0.4, 0.5) is 0 Å². The minimum absolute atomic E-state index is 0.164. The summed E-state index contributed by atoms with van der Waals surface area (Å²) in [6.07, 6.45) is -0.164. The molecule has 6 nitrogen and oxygen atoms in total. The van der Waals surface area contributed by atoms with Gasteiger partial charge in [0.05, 0.1) is 23.3 Å². The molecule has 4 rings (SSSR count). The zero-order chi connectivity index (χ0) is 20.7. The molecule has 1 aliphatic rings. The van der Waals surface area contributed by atoms with Crippen LogP contribution in [0.2, 0.25) is 0 Å². The van der Waals surface area contributed by atoms with Gasteiger partial charge in [0, 0.05) is 47.2 Å². The predicted octanol–water partition coefficient (Wildman–Crippen LogP) is 3.97. The molecule has 2 N–H and O–H groups in total. The van der Waals surface area contributed by atoms with Gasteiger partial charge in [-0.2, -0.15) is 5.10 Å². The highest BCUT2D eigenvalue weighted by Crippen LogP contribution is 2.38. The van der Waals surface area contributed by atoms with Crippen molar-refractivity contribution in [2.45, 2.75) is 46.4 Å². The maximum Gasteiger partial charge on any atom is 0.259 e. The number of aromatic nitrogens is 2. The van der Waals surface area contributed by atoms with E-state index in [9.17, 15) is 4.79 Å². The van der Waals surface area contributed by atoms with E-state index in [0.717, 1.165) is 41.0 Å². The molecule has 0 bridgehead atoms. The number of carbonyl (C=O) groups is 1. The van der Waals surface area contributed by atoms with E-state index in [-0.39, 0.29) is 12.0 Å². The summed E-state index contributed by atoms with van der Waals surface area (Å²) >= 11 is 1.46. The lowest BCUT2D eigenvalue weighted by Gasteiger charge is -2.33. The summed E-state index contributed by atoms with van der Waals surface area (Å²) in [6, 6.07) is 8.41. The summed E-state index contributed by atoms with van der Waals surface area (Å²) in [5.74, 6) is -0.383. The number of fused-ring (bicyclic) bond motifs is 1. The molecule has 1 amide bonds. The summed E-state index contributed by atoms with van der Waals surface area (Å²) in [5.41, 5.74) is 10.2. The summed E-state index contributed by atoms with van der Waals surface area (Å²) in [4.78, 5) is 15.1. The van der Waals surface area contributed by atoms with Crippen molar-refractivity contribution < 1.29 is 9.53 Å². The average molecular weight is 413 g/mol. The van der Waals surface area contributed by atoms with Gasteiger partial charge in [0.15, 0.2) is 0 Å². The van der Waals surface area contributed by atoms with Crippen LogP contribution in [0.15, 0.2) is 24.3 Å². The quantitative estimate of drug-likeness (QED) is 0.688. The van der Waals surface area contributed by atoms with Crippen LogP contribution in [-0.4, -0.2) is 40.3 Å². The Balaban J connectivity index is 1.63. The number of primary amides is 1. The van der Waals surface area contributed by atoms with Crippen LogP contribution >= 0.6 is 11.3 Å². The average Bonchev–Trinajstić information content (AvgIpc) is 3.21. The Morgan fingerprint density at radius 1 is 1.34 bits per heavy atom. The number of ether oxygens (including phenoxy) is 1. The fourth-order valence-corrected chi connectivity index (χ4v) is 5.35. The summed E-state index contributed by atoms with van der Waals surface area (Å²) in [6.45, 7) is 11.6. The predicted molar refractivity (Wildman–Crippen MR) is 116 cm³/mol. The first kappa shape index (κ1) is 20.1. The molecule has 0 unspecified atom stereocenters. The number of morpholine rings is 1. The maximum absolute atomic E-state index is 12.1. The van der Waals surface area contributed by atoms with Gasteiger partial charge in [0.1, 0.15) is 0 Å². The van der Waals surface area contributed by atoms with E-state index in [1.165, 1.54) is 22.6 Å². The number of benzene rings is 1. The molecule has 1 aromatic carbocycles. The lowest BCUT2D eigenvalue weighted by molar-refractivity contribution is -0.0324. The largest absolute Gasteiger partial charge is 0.371 e. The molecule has 2 aromatic heterocycles. The Labute approximate surface area is 175 Å². The summed E-state index contributed by atoms with van der Waals surface area (Å²) in [5, 5.41) is 5.79. The molecule has 1 atom stereocenters. The zero-order valence-electron chi connectivity index (χ0n) is 17.4. The van der Waals surface area contributed by atoms with Crippen LogP contribution in [0.3, 0.4) is 0 Å². The van der Waals surface area contributed by atoms with Crippen LogP contribution in [0.25, 0.3) is 10.1 Å². The molecule has 1 aliphatic heterocycles. The monoisotopic (exact) mass is 412 g/mol. The SMILES string of the molecule is Cc1nn(C(C)C)c(C)c1CN1CCO[C@@H](c2c(C(N)=O)sc3ccccc23)C1. The van der Waals surface area contributed by atoms with Crippen molar-refractivity contribution in [3.63, 3.8) is 0 Å². The third kappa shape index (κ3) is 3.70. The van der Waals surface area contributed by atoms with Crippen LogP contribution in [0.5, 0.6) is 0 Å². The molecule has 0 saturated carbocycles. The van der Waals surface area contributed by atoms with Gasteiger partial charge in [-0.25, -0.2) is 0 Å². The molecular weight excluding hydrogens is 384 g/mol. The third-order valence-electron chi connectivity index (χ3n) is 5.68. The Morgan fingerprint density at radius 3 is 2.79 bits per heavy atom. The third-order valence-corrected chi connectivity index (χ3v) is 6.88. The van der Waals surface area contributed by atoms with Crippen molar-refractivity contribution in [1.29, 1.82) is 0 Å². The number of hydrogen-bond donors (Lipinski definition) is 1. The van der Waals surface area contributed by atoms with Crippen molar-refractivity contribution in [3.8, 4) is 0 Å². The number of hydrogen-bond acceptors (Lipinski definition) is 5. The number of rotatable bonds is 5. The lowest BCUT2D eigenvalue weighted by atomic mass is 10.0. The van der Waals surface area contributed by atoms with Gasteiger partial charge in [-0.05, 0) is 39.1 Å². The molecule has 1 fully saturated rings. The Hall–Kier alpha value is -2.22. The second-order valence-electron chi connectivity index (χ2n) is 7.99. The number of thiophene rings is 1. The van der Waals surface area contributed by atoms with Gasteiger partial charge in [-0.15, -0.1) is 11.3 Å². The Kier molecular flexibility index (Phi) is 5.46. The van der Waals surface area contributed by atoms with Gasteiger partial charge in [-0.3, -0.25) is 14.4 Å². The molecule has 3 aromatic rings. The van der Waals surface area contributed by atoms with Gasteiger partial charge >= 0.3 is 0 Å². The Bertz CT molecular complexity index is 1050. The molecule has 3 heterocycles. The first-order chi connectivity index (χ1) is 13.9. The molecular formula is C22H28N4O2S. The van der Waals surface area contributed by atoms with E-state index < -0.39 is 0 Å². The van der Waals surface area contributed by atoms with E-state index in [1.807, 2.05) is 18.2 Å². The van der Waals surface area contributed by atoms with E-state index in [1.54, 1.807) is 0 Å². The van der Waals surface area contributed by atoms with E-state index in [0.29, 0.717) is 17.5 Å². The fraction of sp³-hybridized carbons (Fsp3) is 0.455.